The Labute approximate surface area is 130 Å². The van der Waals surface area contributed by atoms with Crippen molar-refractivity contribution >= 4 is 11.6 Å². The van der Waals surface area contributed by atoms with Gasteiger partial charge in [-0.25, -0.2) is 0 Å². The Balaban J connectivity index is 2.03. The highest BCUT2D eigenvalue weighted by Crippen LogP contribution is 2.27. The smallest absolute Gasteiger partial charge is 0.125 e. The number of benzene rings is 2. The van der Waals surface area contributed by atoms with Gasteiger partial charge in [0.1, 0.15) is 24.2 Å². The number of rotatable bonds is 6. The van der Waals surface area contributed by atoms with Crippen molar-refractivity contribution in [2.75, 3.05) is 6.61 Å². The molecule has 0 heterocycles. The first-order valence-electron chi connectivity index (χ1n) is 6.88. The largest absolute Gasteiger partial charge is 0.491 e. The van der Waals surface area contributed by atoms with Gasteiger partial charge in [0.05, 0.1) is 6.10 Å². The zero-order chi connectivity index (χ0) is 15.2. The molecule has 0 saturated heterocycles. The van der Waals surface area contributed by atoms with Crippen LogP contribution in [0, 0.1) is 0 Å². The Morgan fingerprint density at radius 1 is 1.05 bits per heavy atom. The molecule has 0 bridgehead atoms. The van der Waals surface area contributed by atoms with Gasteiger partial charge in [-0.1, -0.05) is 29.8 Å². The lowest BCUT2D eigenvalue weighted by molar-refractivity contribution is 0.103. The van der Waals surface area contributed by atoms with Crippen LogP contribution in [0.25, 0.3) is 0 Å². The highest BCUT2D eigenvalue weighted by molar-refractivity contribution is 6.30. The predicted octanol–water partition coefficient (Wildman–Crippen LogP) is 4.24. The van der Waals surface area contributed by atoms with Crippen LogP contribution in [0.5, 0.6) is 11.5 Å². The summed E-state index contributed by atoms with van der Waals surface area (Å²) in [5.41, 5.74) is 0.722. The molecule has 0 aliphatic carbocycles. The van der Waals surface area contributed by atoms with Crippen molar-refractivity contribution in [2.45, 2.75) is 26.1 Å². The Bertz CT molecular complexity index is 567. The van der Waals surface area contributed by atoms with Gasteiger partial charge in [-0.15, -0.1) is 0 Å². The fraction of sp³-hybridized carbons (Fsp3) is 0.294. The van der Waals surface area contributed by atoms with Crippen molar-refractivity contribution in [3.05, 3.63) is 59.1 Å². The molecule has 3 nitrogen and oxygen atoms in total. The second kappa shape index (κ2) is 7.34. The van der Waals surface area contributed by atoms with E-state index in [4.69, 9.17) is 21.1 Å². The summed E-state index contributed by atoms with van der Waals surface area (Å²) in [4.78, 5) is 0. The third kappa shape index (κ3) is 4.66. The topological polar surface area (TPSA) is 38.7 Å². The molecule has 0 fully saturated rings. The van der Waals surface area contributed by atoms with Crippen LogP contribution in [0.3, 0.4) is 0 Å². The van der Waals surface area contributed by atoms with E-state index < -0.39 is 6.10 Å². The van der Waals surface area contributed by atoms with Crippen molar-refractivity contribution in [3.8, 4) is 11.5 Å². The fourth-order valence-corrected chi connectivity index (χ4v) is 2.04. The molecule has 0 amide bonds. The van der Waals surface area contributed by atoms with Gasteiger partial charge < -0.3 is 14.6 Å². The molecular weight excluding hydrogens is 288 g/mol. The summed E-state index contributed by atoms with van der Waals surface area (Å²) in [5.74, 6) is 1.35. The summed E-state index contributed by atoms with van der Waals surface area (Å²) in [6.07, 6.45) is -0.703. The first-order chi connectivity index (χ1) is 10.1. The molecule has 0 saturated carbocycles. The van der Waals surface area contributed by atoms with Gasteiger partial charge in [-0.05, 0) is 44.2 Å². The summed E-state index contributed by atoms with van der Waals surface area (Å²) >= 11 is 5.82. The average molecular weight is 307 g/mol. The van der Waals surface area contributed by atoms with Gasteiger partial charge in [-0.2, -0.15) is 0 Å². The van der Waals surface area contributed by atoms with Gasteiger partial charge in [-0.3, -0.25) is 0 Å². The normalized spacial score (nSPS) is 12.2. The van der Waals surface area contributed by atoms with Crippen LogP contribution in [0.2, 0.25) is 5.02 Å². The summed E-state index contributed by atoms with van der Waals surface area (Å²) in [6, 6.07) is 14.5. The number of para-hydroxylation sites is 1. The molecule has 0 spiro atoms. The maximum atomic E-state index is 10.3. The lowest BCUT2D eigenvalue weighted by Crippen LogP contribution is -2.13. The van der Waals surface area contributed by atoms with Gasteiger partial charge in [0.2, 0.25) is 0 Å². The zero-order valence-electron chi connectivity index (χ0n) is 12.1. The highest BCUT2D eigenvalue weighted by Gasteiger charge is 2.14. The van der Waals surface area contributed by atoms with Crippen LogP contribution in [0.4, 0.5) is 0 Å². The van der Waals surface area contributed by atoms with Crippen LogP contribution in [-0.2, 0) is 0 Å². The number of aliphatic hydroxyl groups is 1. The third-order valence-electron chi connectivity index (χ3n) is 2.86. The van der Waals surface area contributed by atoms with Crippen molar-refractivity contribution in [2.24, 2.45) is 0 Å². The number of hydrogen-bond donors (Lipinski definition) is 1. The molecule has 0 aliphatic heterocycles. The molecule has 112 valence electrons. The van der Waals surface area contributed by atoms with E-state index in [0.29, 0.717) is 16.5 Å². The summed E-state index contributed by atoms with van der Waals surface area (Å²) in [7, 11) is 0. The van der Waals surface area contributed by atoms with Crippen LogP contribution >= 0.6 is 11.6 Å². The molecule has 2 aromatic rings. The first kappa shape index (κ1) is 15.7. The molecule has 1 unspecified atom stereocenters. The number of ether oxygens (including phenoxy) is 2. The Kier molecular flexibility index (Phi) is 5.48. The Morgan fingerprint density at radius 2 is 1.71 bits per heavy atom. The summed E-state index contributed by atoms with van der Waals surface area (Å²) < 4.78 is 11.3. The lowest BCUT2D eigenvalue weighted by Gasteiger charge is -2.18. The molecule has 21 heavy (non-hydrogen) atoms. The van der Waals surface area contributed by atoms with Crippen molar-refractivity contribution < 1.29 is 14.6 Å². The van der Waals surface area contributed by atoms with Gasteiger partial charge >= 0.3 is 0 Å². The van der Waals surface area contributed by atoms with E-state index in [1.165, 1.54) is 0 Å². The minimum absolute atomic E-state index is 0.0514. The number of aliphatic hydroxyl groups excluding tert-OH is 1. The summed E-state index contributed by atoms with van der Waals surface area (Å²) in [6.45, 7) is 4.06. The highest BCUT2D eigenvalue weighted by atomic mass is 35.5. The van der Waals surface area contributed by atoms with Gasteiger partial charge in [0.25, 0.3) is 0 Å². The summed E-state index contributed by atoms with van der Waals surface area (Å²) in [5, 5.41) is 11.0. The van der Waals surface area contributed by atoms with E-state index >= 15 is 0 Å². The SMILES string of the molecule is CC(C)Oc1ccccc1C(O)COc1ccc(Cl)cc1. The second-order valence-corrected chi connectivity index (χ2v) is 5.42. The van der Waals surface area contributed by atoms with E-state index in [-0.39, 0.29) is 12.7 Å². The zero-order valence-corrected chi connectivity index (χ0v) is 12.9. The quantitative estimate of drug-likeness (QED) is 0.867. The third-order valence-corrected chi connectivity index (χ3v) is 3.11. The van der Waals surface area contributed by atoms with E-state index in [9.17, 15) is 5.11 Å². The van der Waals surface area contributed by atoms with Crippen LogP contribution in [0.1, 0.15) is 25.5 Å². The average Bonchev–Trinajstić information content (AvgIpc) is 2.46. The molecule has 0 aromatic heterocycles. The molecule has 0 radical (unpaired) electrons. The van der Waals surface area contributed by atoms with Crippen LogP contribution in [0.15, 0.2) is 48.5 Å². The molecule has 1 N–H and O–H groups in total. The first-order valence-corrected chi connectivity index (χ1v) is 7.26. The molecule has 2 rings (SSSR count). The van der Waals surface area contributed by atoms with Gasteiger partial charge in [0, 0.05) is 10.6 Å². The van der Waals surface area contributed by atoms with E-state index in [0.717, 1.165) is 5.56 Å². The molecule has 4 heteroatoms. The lowest BCUT2D eigenvalue weighted by atomic mass is 10.1. The molecule has 1 atom stereocenters. The maximum absolute atomic E-state index is 10.3. The molecule has 0 aliphatic rings. The fourth-order valence-electron chi connectivity index (χ4n) is 1.91. The predicted molar refractivity (Wildman–Crippen MR) is 84.1 cm³/mol. The Hall–Kier alpha value is -1.71. The minimum atomic E-state index is -0.754. The van der Waals surface area contributed by atoms with Crippen LogP contribution < -0.4 is 9.47 Å². The molecule has 2 aromatic carbocycles. The second-order valence-electron chi connectivity index (χ2n) is 4.99. The van der Waals surface area contributed by atoms with Gasteiger partial charge in [0.15, 0.2) is 0 Å². The van der Waals surface area contributed by atoms with Crippen molar-refractivity contribution in [1.82, 2.24) is 0 Å². The standard InChI is InChI=1S/C17H19ClO3/c1-12(2)21-17-6-4-3-5-15(17)16(19)11-20-14-9-7-13(18)8-10-14/h3-10,12,16,19H,11H2,1-2H3. The van der Waals surface area contributed by atoms with Crippen molar-refractivity contribution in [1.29, 1.82) is 0 Å². The van der Waals surface area contributed by atoms with Crippen LogP contribution in [-0.4, -0.2) is 17.8 Å². The van der Waals surface area contributed by atoms with E-state index in [1.807, 2.05) is 38.1 Å². The van der Waals surface area contributed by atoms with E-state index in [2.05, 4.69) is 0 Å². The number of hydrogen-bond acceptors (Lipinski definition) is 3. The molecular formula is C17H19ClO3. The maximum Gasteiger partial charge on any atom is 0.125 e. The Morgan fingerprint density at radius 3 is 2.38 bits per heavy atom. The number of halogens is 1. The van der Waals surface area contributed by atoms with Crippen molar-refractivity contribution in [3.63, 3.8) is 0 Å². The minimum Gasteiger partial charge on any atom is -0.491 e. The van der Waals surface area contributed by atoms with E-state index in [1.54, 1.807) is 24.3 Å². The monoisotopic (exact) mass is 306 g/mol.